The summed E-state index contributed by atoms with van der Waals surface area (Å²) < 4.78 is 6.41. The van der Waals surface area contributed by atoms with E-state index in [0.717, 1.165) is 76.6 Å². The Balaban J connectivity index is 1.44. The zero-order valence-corrected chi connectivity index (χ0v) is 22.7. The Hall–Kier alpha value is -2.63. The molecule has 0 radical (unpaired) electrons. The van der Waals surface area contributed by atoms with Crippen LogP contribution >= 0.6 is 0 Å². The molecule has 2 aliphatic rings. The number of hydrogen-bond donors (Lipinski definition) is 1. The summed E-state index contributed by atoms with van der Waals surface area (Å²) in [7, 11) is 3.82. The number of rotatable bonds is 11. The second kappa shape index (κ2) is 12.3. The summed E-state index contributed by atoms with van der Waals surface area (Å²) in [6, 6.07) is 18.4. The molecule has 4 rings (SSSR count). The topological polar surface area (TPSA) is 53.0 Å². The Morgan fingerprint density at radius 3 is 2.70 bits per heavy atom. The predicted octanol–water partition coefficient (Wildman–Crippen LogP) is 5.72. The van der Waals surface area contributed by atoms with E-state index >= 15 is 0 Å². The van der Waals surface area contributed by atoms with Crippen molar-refractivity contribution in [3.05, 3.63) is 78.4 Å². The Morgan fingerprint density at radius 2 is 1.97 bits per heavy atom. The summed E-state index contributed by atoms with van der Waals surface area (Å²) in [5.74, 6) is 0.525. The van der Waals surface area contributed by atoms with Gasteiger partial charge in [0.1, 0.15) is 5.75 Å². The highest BCUT2D eigenvalue weighted by Crippen LogP contribution is 2.54. The highest BCUT2D eigenvalue weighted by molar-refractivity contribution is 5.76. The molecular formula is C32H44N2O3. The number of benzene rings is 2. The molecule has 0 unspecified atom stereocenters. The molecule has 1 aliphatic heterocycles. The number of likely N-dealkylation sites (tertiary alicyclic amines) is 1. The molecule has 0 spiro atoms. The number of carbonyl (C=O) groups is 1. The third-order valence-electron chi connectivity index (χ3n) is 8.99. The van der Waals surface area contributed by atoms with Crippen molar-refractivity contribution in [1.29, 1.82) is 0 Å². The van der Waals surface area contributed by atoms with Crippen molar-refractivity contribution in [1.82, 2.24) is 9.80 Å². The minimum Gasteiger partial charge on any atom is -0.508 e. The van der Waals surface area contributed by atoms with E-state index in [9.17, 15) is 9.90 Å². The molecule has 2 fully saturated rings. The highest BCUT2D eigenvalue weighted by Gasteiger charge is 2.59. The van der Waals surface area contributed by atoms with Crippen molar-refractivity contribution < 1.29 is 14.6 Å². The van der Waals surface area contributed by atoms with Gasteiger partial charge in [-0.1, -0.05) is 55.0 Å². The number of piperidine rings is 1. The number of ether oxygens (including phenoxy) is 1. The van der Waals surface area contributed by atoms with Gasteiger partial charge in [0.15, 0.2) is 0 Å². The third-order valence-corrected chi connectivity index (χ3v) is 8.99. The average molecular weight is 505 g/mol. The maximum atomic E-state index is 13.3. The summed E-state index contributed by atoms with van der Waals surface area (Å²) in [6.07, 6.45) is 10.3. The first kappa shape index (κ1) is 27.4. The van der Waals surface area contributed by atoms with E-state index in [4.69, 9.17) is 4.74 Å². The molecule has 0 bridgehead atoms. The van der Waals surface area contributed by atoms with Gasteiger partial charge in [-0.2, -0.15) is 0 Å². The van der Waals surface area contributed by atoms with E-state index < -0.39 is 0 Å². The smallest absolute Gasteiger partial charge is 0.222 e. The van der Waals surface area contributed by atoms with Gasteiger partial charge in [0.25, 0.3) is 0 Å². The number of phenolic OH excluding ortho intramolecular Hbond substituents is 1. The molecule has 2 aromatic carbocycles. The lowest BCUT2D eigenvalue weighted by atomic mass is 9.55. The molecule has 37 heavy (non-hydrogen) atoms. The summed E-state index contributed by atoms with van der Waals surface area (Å²) in [5.41, 5.74) is 1.87. The maximum absolute atomic E-state index is 13.3. The van der Waals surface area contributed by atoms with Gasteiger partial charge in [0.2, 0.25) is 5.91 Å². The lowest BCUT2D eigenvalue weighted by Gasteiger charge is -2.60. The molecule has 5 nitrogen and oxygen atoms in total. The fourth-order valence-corrected chi connectivity index (χ4v) is 6.85. The van der Waals surface area contributed by atoms with Crippen molar-refractivity contribution in [3.8, 4) is 5.75 Å². The lowest BCUT2D eigenvalue weighted by Crippen LogP contribution is -2.68. The van der Waals surface area contributed by atoms with Crippen LogP contribution in [0.25, 0.3) is 0 Å². The minimum atomic E-state index is -0.361. The van der Waals surface area contributed by atoms with E-state index in [-0.39, 0.29) is 28.7 Å². The Bertz CT molecular complexity index is 1040. The van der Waals surface area contributed by atoms with Crippen LogP contribution in [0.3, 0.4) is 0 Å². The zero-order chi connectivity index (χ0) is 26.3. The van der Waals surface area contributed by atoms with Crippen LogP contribution in [0.2, 0.25) is 0 Å². The normalized spacial score (nSPS) is 25.8. The fourth-order valence-electron chi connectivity index (χ4n) is 6.85. The van der Waals surface area contributed by atoms with Gasteiger partial charge in [-0.3, -0.25) is 9.69 Å². The molecule has 5 heteroatoms. The zero-order valence-electron chi connectivity index (χ0n) is 22.7. The largest absolute Gasteiger partial charge is 0.508 e. The molecule has 1 aliphatic carbocycles. The fraction of sp³-hybridized carbons (Fsp3) is 0.531. The van der Waals surface area contributed by atoms with Gasteiger partial charge >= 0.3 is 0 Å². The number of nitrogens with zero attached hydrogens (tertiary/aromatic N) is 2. The lowest BCUT2D eigenvalue weighted by molar-refractivity contribution is -0.159. The van der Waals surface area contributed by atoms with Crippen LogP contribution in [0.4, 0.5) is 0 Å². The highest BCUT2D eigenvalue weighted by atomic mass is 16.5. The second-order valence-corrected chi connectivity index (χ2v) is 11.1. The standard InChI is InChI=1S/C32H44N2O3/c1-4-21-34-22-20-31(27-15-11-16-29(35)23-27)24-28(18-19-32(31,25-34)37-3)33(2)30(36)17-10-6-9-14-26-12-7-5-8-13-26/h4-5,7-8,11-13,15-16,23,28,35H,1,6,9-10,14,17-22,24-25H2,2-3H3/t28-,31+,32+/m1/s1. The van der Waals surface area contributed by atoms with Crippen LogP contribution in [-0.2, 0) is 21.4 Å². The van der Waals surface area contributed by atoms with Crippen LogP contribution in [-0.4, -0.2) is 66.2 Å². The number of aryl methyl sites for hydroxylation is 1. The van der Waals surface area contributed by atoms with Gasteiger partial charge in [0, 0.05) is 45.1 Å². The molecule has 2 aromatic rings. The van der Waals surface area contributed by atoms with E-state index in [1.54, 1.807) is 6.07 Å². The van der Waals surface area contributed by atoms with Crippen LogP contribution in [0.1, 0.15) is 62.5 Å². The van der Waals surface area contributed by atoms with Crippen LogP contribution < -0.4 is 0 Å². The number of methoxy groups -OCH3 is 1. The van der Waals surface area contributed by atoms with Gasteiger partial charge in [-0.25, -0.2) is 0 Å². The number of fused-ring (bicyclic) bond motifs is 1. The molecule has 200 valence electrons. The van der Waals surface area contributed by atoms with Crippen LogP contribution in [0.15, 0.2) is 67.3 Å². The van der Waals surface area contributed by atoms with Gasteiger partial charge in [-0.15, -0.1) is 6.58 Å². The number of phenols is 1. The molecule has 0 aromatic heterocycles. The van der Waals surface area contributed by atoms with E-state index in [1.165, 1.54) is 5.56 Å². The molecule has 1 saturated heterocycles. The summed E-state index contributed by atoms with van der Waals surface area (Å²) in [6.45, 7) is 6.55. The number of amides is 1. The van der Waals surface area contributed by atoms with Crippen molar-refractivity contribution >= 4 is 5.91 Å². The van der Waals surface area contributed by atoms with Crippen molar-refractivity contribution in [2.24, 2.45) is 0 Å². The van der Waals surface area contributed by atoms with Crippen LogP contribution in [0, 0.1) is 0 Å². The molecule has 1 saturated carbocycles. The monoisotopic (exact) mass is 504 g/mol. The molecule has 1 amide bonds. The first-order valence-corrected chi connectivity index (χ1v) is 13.9. The SMILES string of the molecule is C=CCN1CC[C@@]2(c3cccc(O)c3)C[C@H](N(C)C(=O)CCCCCc3ccccc3)CC[C@]2(OC)C1. The Kier molecular flexibility index (Phi) is 9.09. The van der Waals surface area contributed by atoms with Crippen LogP contribution in [0.5, 0.6) is 5.75 Å². The third kappa shape index (κ3) is 5.94. The molecular weight excluding hydrogens is 460 g/mol. The van der Waals surface area contributed by atoms with Gasteiger partial charge < -0.3 is 14.7 Å². The number of hydrogen-bond acceptors (Lipinski definition) is 4. The Morgan fingerprint density at radius 1 is 1.16 bits per heavy atom. The Labute approximate surface area is 223 Å². The summed E-state index contributed by atoms with van der Waals surface area (Å²) >= 11 is 0. The average Bonchev–Trinajstić information content (AvgIpc) is 2.92. The second-order valence-electron chi connectivity index (χ2n) is 11.1. The number of aromatic hydroxyl groups is 1. The summed E-state index contributed by atoms with van der Waals surface area (Å²) in [5, 5.41) is 10.4. The number of unbranched alkanes of at least 4 members (excludes halogenated alkanes) is 2. The summed E-state index contributed by atoms with van der Waals surface area (Å²) in [4.78, 5) is 17.7. The predicted molar refractivity (Wildman–Crippen MR) is 150 cm³/mol. The first-order valence-electron chi connectivity index (χ1n) is 13.9. The van der Waals surface area contributed by atoms with Crippen molar-refractivity contribution in [3.63, 3.8) is 0 Å². The quantitative estimate of drug-likeness (QED) is 0.314. The van der Waals surface area contributed by atoms with E-state index in [0.29, 0.717) is 6.42 Å². The van der Waals surface area contributed by atoms with E-state index in [1.807, 2.05) is 37.3 Å². The molecule has 1 N–H and O–H groups in total. The minimum absolute atomic E-state index is 0.161. The number of carbonyl (C=O) groups excluding carboxylic acids is 1. The maximum Gasteiger partial charge on any atom is 0.222 e. The van der Waals surface area contributed by atoms with Gasteiger partial charge in [-0.05, 0) is 74.8 Å². The first-order chi connectivity index (χ1) is 17.9. The van der Waals surface area contributed by atoms with Crippen molar-refractivity contribution in [2.75, 3.05) is 33.8 Å². The molecule has 1 heterocycles. The molecule has 3 atom stereocenters. The van der Waals surface area contributed by atoms with E-state index in [2.05, 4.69) is 47.9 Å². The van der Waals surface area contributed by atoms with Gasteiger partial charge in [0.05, 0.1) is 5.60 Å². The van der Waals surface area contributed by atoms with Crippen molar-refractivity contribution in [2.45, 2.75) is 74.8 Å².